The second kappa shape index (κ2) is 5.61. The molecule has 2 unspecified atom stereocenters. The second-order valence-electron chi connectivity index (χ2n) is 4.59. The van der Waals surface area contributed by atoms with Gasteiger partial charge in [0.25, 0.3) is 0 Å². The van der Waals surface area contributed by atoms with E-state index in [-0.39, 0.29) is 0 Å². The predicted octanol–water partition coefficient (Wildman–Crippen LogP) is 2.88. The van der Waals surface area contributed by atoms with Crippen molar-refractivity contribution in [2.75, 3.05) is 0 Å². The van der Waals surface area contributed by atoms with Gasteiger partial charge in [-0.1, -0.05) is 19.8 Å². The maximum absolute atomic E-state index is 5.42. The molecule has 0 saturated heterocycles. The number of hydroxylamine groups is 1. The van der Waals surface area contributed by atoms with Crippen LogP contribution >= 0.6 is 0 Å². The standard InChI is InChI=1S/C11H23NO/c1-9(2)13-12-11-6-4-5-10(3)7-8-11/h9-12H,4-8H2,1-3H3. The summed E-state index contributed by atoms with van der Waals surface area (Å²) in [5, 5.41) is 0. The molecule has 1 aliphatic rings. The average Bonchev–Trinajstić information content (AvgIpc) is 2.27. The first kappa shape index (κ1) is 11.0. The van der Waals surface area contributed by atoms with Crippen molar-refractivity contribution in [3.05, 3.63) is 0 Å². The summed E-state index contributed by atoms with van der Waals surface area (Å²) in [7, 11) is 0. The van der Waals surface area contributed by atoms with Gasteiger partial charge in [0.15, 0.2) is 0 Å². The summed E-state index contributed by atoms with van der Waals surface area (Å²) in [5.41, 5.74) is 3.18. The van der Waals surface area contributed by atoms with E-state index in [1.807, 2.05) is 0 Å². The van der Waals surface area contributed by atoms with E-state index in [1.165, 1.54) is 32.1 Å². The third kappa shape index (κ3) is 4.63. The maximum Gasteiger partial charge on any atom is 0.0734 e. The quantitative estimate of drug-likeness (QED) is 0.539. The molecule has 1 aliphatic carbocycles. The molecule has 2 nitrogen and oxygen atoms in total. The Labute approximate surface area is 82.0 Å². The van der Waals surface area contributed by atoms with Gasteiger partial charge >= 0.3 is 0 Å². The van der Waals surface area contributed by atoms with Gasteiger partial charge in [-0.2, -0.15) is 5.48 Å². The van der Waals surface area contributed by atoms with E-state index in [2.05, 4.69) is 26.3 Å². The molecule has 0 spiro atoms. The van der Waals surface area contributed by atoms with E-state index in [4.69, 9.17) is 4.84 Å². The van der Waals surface area contributed by atoms with E-state index >= 15 is 0 Å². The first-order valence-corrected chi connectivity index (χ1v) is 5.59. The van der Waals surface area contributed by atoms with E-state index < -0.39 is 0 Å². The van der Waals surface area contributed by atoms with Crippen molar-refractivity contribution in [1.29, 1.82) is 0 Å². The molecule has 0 bridgehead atoms. The highest BCUT2D eigenvalue weighted by atomic mass is 16.7. The smallest absolute Gasteiger partial charge is 0.0734 e. The Morgan fingerprint density at radius 2 is 1.92 bits per heavy atom. The molecule has 13 heavy (non-hydrogen) atoms. The molecule has 1 N–H and O–H groups in total. The summed E-state index contributed by atoms with van der Waals surface area (Å²) in [5.74, 6) is 0.908. The van der Waals surface area contributed by atoms with Crippen LogP contribution in [0.1, 0.15) is 52.9 Å². The normalized spacial score (nSPS) is 30.5. The van der Waals surface area contributed by atoms with Crippen molar-refractivity contribution >= 4 is 0 Å². The van der Waals surface area contributed by atoms with Crippen LogP contribution in [0.15, 0.2) is 0 Å². The first-order valence-electron chi connectivity index (χ1n) is 5.59. The molecule has 0 aromatic rings. The first-order chi connectivity index (χ1) is 6.18. The molecule has 0 aromatic carbocycles. The van der Waals surface area contributed by atoms with Crippen molar-refractivity contribution in [2.45, 2.75) is 65.0 Å². The highest BCUT2D eigenvalue weighted by Gasteiger charge is 2.15. The third-order valence-electron chi connectivity index (χ3n) is 2.73. The molecule has 0 heterocycles. The Kier molecular flexibility index (Phi) is 4.74. The highest BCUT2D eigenvalue weighted by Crippen LogP contribution is 2.22. The molecule has 0 aromatic heterocycles. The van der Waals surface area contributed by atoms with Crippen LogP contribution in [0.25, 0.3) is 0 Å². The van der Waals surface area contributed by atoms with Crippen LogP contribution in [0.5, 0.6) is 0 Å². The third-order valence-corrected chi connectivity index (χ3v) is 2.73. The van der Waals surface area contributed by atoms with Crippen molar-refractivity contribution in [1.82, 2.24) is 5.48 Å². The van der Waals surface area contributed by atoms with E-state index in [0.29, 0.717) is 12.1 Å². The zero-order valence-electron chi connectivity index (χ0n) is 9.18. The number of nitrogens with one attached hydrogen (secondary N) is 1. The summed E-state index contributed by atoms with van der Waals surface area (Å²) in [4.78, 5) is 5.42. The molecule has 1 saturated carbocycles. The van der Waals surface area contributed by atoms with Gasteiger partial charge in [-0.05, 0) is 39.0 Å². The van der Waals surface area contributed by atoms with Gasteiger partial charge in [-0.25, -0.2) is 0 Å². The number of hydrogen-bond donors (Lipinski definition) is 1. The van der Waals surface area contributed by atoms with Crippen molar-refractivity contribution in [3.8, 4) is 0 Å². The summed E-state index contributed by atoms with van der Waals surface area (Å²) in [6.45, 7) is 6.48. The van der Waals surface area contributed by atoms with Gasteiger partial charge in [0, 0.05) is 6.04 Å². The summed E-state index contributed by atoms with van der Waals surface area (Å²) >= 11 is 0. The van der Waals surface area contributed by atoms with Gasteiger partial charge < -0.3 is 0 Å². The van der Waals surface area contributed by atoms with E-state index in [0.717, 1.165) is 5.92 Å². The van der Waals surface area contributed by atoms with E-state index in [1.54, 1.807) is 0 Å². The molecule has 0 amide bonds. The fourth-order valence-corrected chi connectivity index (χ4v) is 1.84. The minimum Gasteiger partial charge on any atom is -0.299 e. The Morgan fingerprint density at radius 3 is 2.62 bits per heavy atom. The Balaban J connectivity index is 2.18. The zero-order chi connectivity index (χ0) is 9.68. The van der Waals surface area contributed by atoms with Gasteiger partial charge in [-0.3, -0.25) is 4.84 Å². The molecule has 78 valence electrons. The van der Waals surface area contributed by atoms with Crippen molar-refractivity contribution in [3.63, 3.8) is 0 Å². The summed E-state index contributed by atoms with van der Waals surface area (Å²) in [6, 6.07) is 0.590. The van der Waals surface area contributed by atoms with Gasteiger partial charge in [0.1, 0.15) is 0 Å². The van der Waals surface area contributed by atoms with Crippen LogP contribution in [0, 0.1) is 5.92 Å². The van der Waals surface area contributed by atoms with E-state index in [9.17, 15) is 0 Å². The summed E-state index contributed by atoms with van der Waals surface area (Å²) < 4.78 is 0. The molecule has 2 atom stereocenters. The Hall–Kier alpha value is -0.0800. The summed E-state index contributed by atoms with van der Waals surface area (Å²) in [6.07, 6.45) is 6.92. The molecule has 0 aliphatic heterocycles. The Morgan fingerprint density at radius 1 is 1.15 bits per heavy atom. The lowest BCUT2D eigenvalue weighted by Crippen LogP contribution is -2.31. The van der Waals surface area contributed by atoms with Crippen LogP contribution in [-0.4, -0.2) is 12.1 Å². The van der Waals surface area contributed by atoms with Crippen LogP contribution in [0.2, 0.25) is 0 Å². The fourth-order valence-electron chi connectivity index (χ4n) is 1.84. The fraction of sp³-hybridized carbons (Fsp3) is 1.00. The molecule has 1 rings (SSSR count). The molecular weight excluding hydrogens is 162 g/mol. The minimum absolute atomic E-state index is 0.292. The topological polar surface area (TPSA) is 21.3 Å². The monoisotopic (exact) mass is 185 g/mol. The van der Waals surface area contributed by atoms with Crippen LogP contribution in [0.4, 0.5) is 0 Å². The van der Waals surface area contributed by atoms with Gasteiger partial charge in [0.05, 0.1) is 6.10 Å². The lowest BCUT2D eigenvalue weighted by Gasteiger charge is -2.17. The average molecular weight is 185 g/mol. The second-order valence-corrected chi connectivity index (χ2v) is 4.59. The lowest BCUT2D eigenvalue weighted by atomic mass is 10.0. The van der Waals surface area contributed by atoms with Gasteiger partial charge in [0.2, 0.25) is 0 Å². The maximum atomic E-state index is 5.42. The Bertz CT molecular complexity index is 136. The van der Waals surface area contributed by atoms with Gasteiger partial charge in [-0.15, -0.1) is 0 Å². The largest absolute Gasteiger partial charge is 0.299 e. The van der Waals surface area contributed by atoms with Crippen LogP contribution in [0.3, 0.4) is 0 Å². The SMILES string of the molecule is CC1CCCC(NOC(C)C)CC1. The van der Waals surface area contributed by atoms with Crippen molar-refractivity contribution in [2.24, 2.45) is 5.92 Å². The number of hydrogen-bond acceptors (Lipinski definition) is 2. The van der Waals surface area contributed by atoms with Crippen LogP contribution in [-0.2, 0) is 4.84 Å². The molecular formula is C11H23NO. The van der Waals surface area contributed by atoms with Crippen LogP contribution < -0.4 is 5.48 Å². The number of rotatable bonds is 3. The highest BCUT2D eigenvalue weighted by molar-refractivity contribution is 4.70. The predicted molar refractivity (Wildman–Crippen MR) is 55.4 cm³/mol. The minimum atomic E-state index is 0.292. The lowest BCUT2D eigenvalue weighted by molar-refractivity contribution is -0.0287. The molecule has 1 fully saturated rings. The molecule has 0 radical (unpaired) electrons. The molecule has 2 heteroatoms. The van der Waals surface area contributed by atoms with Crippen molar-refractivity contribution < 1.29 is 4.84 Å². The zero-order valence-corrected chi connectivity index (χ0v) is 9.18.